The zero-order valence-corrected chi connectivity index (χ0v) is 21.5. The maximum atomic E-state index is 13.9. The fourth-order valence-electron chi connectivity index (χ4n) is 4.09. The Labute approximate surface area is 224 Å². The summed E-state index contributed by atoms with van der Waals surface area (Å²) in [5.74, 6) is -0.702. The van der Waals surface area contributed by atoms with Crippen molar-refractivity contribution in [3.05, 3.63) is 99.0 Å². The van der Waals surface area contributed by atoms with Crippen LogP contribution in [-0.2, 0) is 12.7 Å². The van der Waals surface area contributed by atoms with Gasteiger partial charge in [0.05, 0.1) is 29.3 Å². The van der Waals surface area contributed by atoms with E-state index in [2.05, 4.69) is 20.5 Å². The van der Waals surface area contributed by atoms with Gasteiger partial charge < -0.3 is 5.32 Å². The molecule has 0 fully saturated rings. The standard InChI is InChI=1S/C26H19Cl2F3N6O/c1-14-24(15(2)36(34-14)13-17-18(27)9-6-10-19(17)28)33-25(38)21-12-23-32-20(16-7-4-3-5-8-16)11-22(26(29,30)31)37(23)35-21/h3-12H,13H2,1-2H3,(H,33,38). The molecular formula is C26H19Cl2F3N6O. The second-order valence-corrected chi connectivity index (χ2v) is 9.36. The summed E-state index contributed by atoms with van der Waals surface area (Å²) < 4.78 is 44.0. The van der Waals surface area contributed by atoms with Gasteiger partial charge in [-0.3, -0.25) is 9.48 Å². The van der Waals surface area contributed by atoms with E-state index in [1.165, 1.54) is 6.07 Å². The normalized spacial score (nSPS) is 11.8. The van der Waals surface area contributed by atoms with Crippen molar-refractivity contribution in [3.8, 4) is 11.3 Å². The van der Waals surface area contributed by atoms with Gasteiger partial charge in [-0.1, -0.05) is 59.6 Å². The number of rotatable bonds is 5. The van der Waals surface area contributed by atoms with Crippen LogP contribution in [0.25, 0.3) is 16.9 Å². The van der Waals surface area contributed by atoms with Gasteiger partial charge in [-0.05, 0) is 32.0 Å². The van der Waals surface area contributed by atoms with Crippen molar-refractivity contribution in [2.24, 2.45) is 0 Å². The molecule has 7 nitrogen and oxygen atoms in total. The van der Waals surface area contributed by atoms with Crippen molar-refractivity contribution in [2.45, 2.75) is 26.6 Å². The molecule has 0 aliphatic carbocycles. The fraction of sp³-hybridized carbons (Fsp3) is 0.154. The van der Waals surface area contributed by atoms with E-state index >= 15 is 0 Å². The number of amides is 1. The lowest BCUT2D eigenvalue weighted by Crippen LogP contribution is -2.16. The van der Waals surface area contributed by atoms with E-state index in [1.807, 2.05) is 0 Å². The molecule has 0 aliphatic rings. The number of carbonyl (C=O) groups excluding carboxylic acids is 1. The first-order valence-electron chi connectivity index (χ1n) is 11.3. The molecular weight excluding hydrogens is 540 g/mol. The number of fused-ring (bicyclic) bond motifs is 1. The van der Waals surface area contributed by atoms with Gasteiger partial charge in [0.25, 0.3) is 5.91 Å². The molecule has 0 spiro atoms. The SMILES string of the molecule is Cc1nn(Cc2c(Cl)cccc2Cl)c(C)c1NC(=O)c1cc2nc(-c3ccccc3)cc(C(F)(F)F)n2n1. The van der Waals surface area contributed by atoms with Crippen molar-refractivity contribution in [1.82, 2.24) is 24.4 Å². The number of hydrogen-bond acceptors (Lipinski definition) is 4. The van der Waals surface area contributed by atoms with Crippen LogP contribution in [0.2, 0.25) is 10.0 Å². The minimum Gasteiger partial charge on any atom is -0.317 e. The Kier molecular flexibility index (Phi) is 6.62. The number of anilines is 1. The maximum absolute atomic E-state index is 13.9. The largest absolute Gasteiger partial charge is 0.433 e. The molecule has 3 heterocycles. The molecule has 0 aliphatic heterocycles. The molecule has 2 aromatic carbocycles. The summed E-state index contributed by atoms with van der Waals surface area (Å²) in [6, 6.07) is 15.8. The van der Waals surface area contributed by atoms with Crippen molar-refractivity contribution in [2.75, 3.05) is 5.32 Å². The molecule has 12 heteroatoms. The number of aryl methyl sites for hydroxylation is 1. The number of aromatic nitrogens is 5. The molecule has 194 valence electrons. The van der Waals surface area contributed by atoms with E-state index < -0.39 is 17.8 Å². The summed E-state index contributed by atoms with van der Waals surface area (Å²) in [6.07, 6.45) is -4.72. The topological polar surface area (TPSA) is 77.1 Å². The van der Waals surface area contributed by atoms with Crippen LogP contribution in [0.1, 0.15) is 33.1 Å². The predicted octanol–water partition coefficient (Wildman–Crippen LogP) is 6.84. The van der Waals surface area contributed by atoms with Crippen LogP contribution in [0.3, 0.4) is 0 Å². The summed E-state index contributed by atoms with van der Waals surface area (Å²) in [4.78, 5) is 17.4. The lowest BCUT2D eigenvalue weighted by atomic mass is 10.1. The molecule has 0 unspecified atom stereocenters. The Bertz CT molecular complexity index is 1660. The minimum atomic E-state index is -4.72. The van der Waals surface area contributed by atoms with Gasteiger partial charge in [0.2, 0.25) is 0 Å². The highest BCUT2D eigenvalue weighted by atomic mass is 35.5. The van der Waals surface area contributed by atoms with Gasteiger partial charge in [0.15, 0.2) is 17.0 Å². The molecule has 5 aromatic rings. The average molecular weight is 559 g/mol. The van der Waals surface area contributed by atoms with E-state index in [4.69, 9.17) is 23.2 Å². The zero-order chi connectivity index (χ0) is 27.2. The van der Waals surface area contributed by atoms with Crippen LogP contribution < -0.4 is 5.32 Å². The Morgan fingerprint density at radius 1 is 0.974 bits per heavy atom. The van der Waals surface area contributed by atoms with Gasteiger partial charge >= 0.3 is 6.18 Å². The first-order chi connectivity index (χ1) is 18.0. The first kappa shape index (κ1) is 25.7. The molecule has 3 aromatic heterocycles. The van der Waals surface area contributed by atoms with Crippen molar-refractivity contribution < 1.29 is 18.0 Å². The van der Waals surface area contributed by atoms with Gasteiger partial charge in [0.1, 0.15) is 0 Å². The summed E-state index contributed by atoms with van der Waals surface area (Å²) in [7, 11) is 0. The number of nitrogens with one attached hydrogen (secondary N) is 1. The second kappa shape index (κ2) is 9.77. The molecule has 1 amide bonds. The Morgan fingerprint density at radius 3 is 2.32 bits per heavy atom. The summed E-state index contributed by atoms with van der Waals surface area (Å²) in [5.41, 5.74) is 1.42. The second-order valence-electron chi connectivity index (χ2n) is 8.55. The van der Waals surface area contributed by atoms with Crippen LogP contribution in [-0.4, -0.2) is 30.3 Å². The van der Waals surface area contributed by atoms with Crippen LogP contribution in [0.4, 0.5) is 18.9 Å². The Balaban J connectivity index is 1.49. The van der Waals surface area contributed by atoms with Gasteiger partial charge in [-0.15, -0.1) is 0 Å². The van der Waals surface area contributed by atoms with E-state index in [0.29, 0.717) is 42.8 Å². The highest BCUT2D eigenvalue weighted by molar-refractivity contribution is 6.36. The molecule has 1 N–H and O–H groups in total. The van der Waals surface area contributed by atoms with Crippen LogP contribution in [0, 0.1) is 13.8 Å². The average Bonchev–Trinajstić information content (AvgIpc) is 3.42. The summed E-state index contributed by atoms with van der Waals surface area (Å²) >= 11 is 12.6. The molecule has 38 heavy (non-hydrogen) atoms. The molecule has 5 rings (SSSR count). The highest BCUT2D eigenvalue weighted by Gasteiger charge is 2.35. The number of carbonyl (C=O) groups is 1. The third-order valence-corrected chi connectivity index (χ3v) is 6.72. The molecule has 0 radical (unpaired) electrons. The van der Waals surface area contributed by atoms with Gasteiger partial charge in [0, 0.05) is 27.2 Å². The number of benzene rings is 2. The summed E-state index contributed by atoms with van der Waals surface area (Å²) in [5, 5.41) is 12.1. The molecule has 0 saturated heterocycles. The van der Waals surface area contributed by atoms with E-state index in [9.17, 15) is 18.0 Å². The quantitative estimate of drug-likeness (QED) is 0.256. The van der Waals surface area contributed by atoms with Crippen molar-refractivity contribution in [1.29, 1.82) is 0 Å². The number of alkyl halides is 3. The number of halogens is 5. The lowest BCUT2D eigenvalue weighted by Gasteiger charge is -2.11. The molecule has 0 bridgehead atoms. The maximum Gasteiger partial charge on any atom is 0.433 e. The van der Waals surface area contributed by atoms with E-state index in [1.54, 1.807) is 67.1 Å². The predicted molar refractivity (Wildman–Crippen MR) is 139 cm³/mol. The Morgan fingerprint density at radius 2 is 1.66 bits per heavy atom. The molecule has 0 saturated carbocycles. The fourth-order valence-corrected chi connectivity index (χ4v) is 4.60. The van der Waals surface area contributed by atoms with Gasteiger partial charge in [-0.25, -0.2) is 9.50 Å². The number of nitrogens with zero attached hydrogens (tertiary/aromatic N) is 5. The third-order valence-electron chi connectivity index (χ3n) is 6.01. The van der Waals surface area contributed by atoms with Crippen molar-refractivity contribution >= 4 is 40.4 Å². The molecule has 0 atom stereocenters. The first-order valence-corrected chi connectivity index (χ1v) is 12.1. The monoisotopic (exact) mass is 558 g/mol. The van der Waals surface area contributed by atoms with Crippen LogP contribution in [0.5, 0.6) is 0 Å². The minimum absolute atomic E-state index is 0.110. The number of hydrogen-bond donors (Lipinski definition) is 1. The Hall–Kier alpha value is -3.89. The van der Waals surface area contributed by atoms with E-state index in [-0.39, 0.29) is 23.6 Å². The van der Waals surface area contributed by atoms with Gasteiger partial charge in [-0.2, -0.15) is 23.4 Å². The zero-order valence-electron chi connectivity index (χ0n) is 20.0. The van der Waals surface area contributed by atoms with Crippen LogP contribution in [0.15, 0.2) is 60.7 Å². The lowest BCUT2D eigenvalue weighted by molar-refractivity contribution is -0.142. The highest BCUT2D eigenvalue weighted by Crippen LogP contribution is 2.33. The summed E-state index contributed by atoms with van der Waals surface area (Å²) in [6.45, 7) is 3.71. The van der Waals surface area contributed by atoms with Crippen molar-refractivity contribution in [3.63, 3.8) is 0 Å². The smallest absolute Gasteiger partial charge is 0.317 e. The van der Waals surface area contributed by atoms with Crippen LogP contribution >= 0.6 is 23.2 Å². The van der Waals surface area contributed by atoms with E-state index in [0.717, 1.165) is 6.07 Å². The third kappa shape index (κ3) is 4.84.